The van der Waals surface area contributed by atoms with Gasteiger partial charge in [-0.25, -0.2) is 0 Å². The first-order valence-electron chi connectivity index (χ1n) is 8.09. The van der Waals surface area contributed by atoms with E-state index in [4.69, 9.17) is 5.11 Å². The molecule has 1 aliphatic heterocycles. The second kappa shape index (κ2) is 7.08. The second-order valence-corrected chi connectivity index (χ2v) is 6.31. The van der Waals surface area contributed by atoms with E-state index in [0.717, 1.165) is 11.3 Å². The third-order valence-corrected chi connectivity index (χ3v) is 4.50. The number of amides is 1. The molecule has 1 amide bonds. The highest BCUT2D eigenvalue weighted by Crippen LogP contribution is 2.21. The average Bonchev–Trinajstić information content (AvgIpc) is 3.21. The third kappa shape index (κ3) is 3.72. The molecule has 132 valence electrons. The van der Waals surface area contributed by atoms with E-state index >= 15 is 0 Å². The molecule has 7 heteroatoms. The van der Waals surface area contributed by atoms with Gasteiger partial charge in [0.15, 0.2) is 0 Å². The highest BCUT2D eigenvalue weighted by Gasteiger charge is 2.37. The van der Waals surface area contributed by atoms with Crippen molar-refractivity contribution in [1.29, 1.82) is 0 Å². The van der Waals surface area contributed by atoms with E-state index in [1.165, 1.54) is 0 Å². The molecule has 0 bridgehead atoms. The SMILES string of the molecule is CN(CC(=O)O)C1CN(C(=O)c2ccc(-c3ccccc3)[nH]2)C[C@H]1O. The standard InChI is InChI=1S/C18H21N3O4/c1-20(11-17(23)24)15-9-21(10-16(15)22)18(25)14-8-7-13(19-14)12-5-3-2-4-6-12/h2-8,15-16,19,22H,9-11H2,1H3,(H,23,24)/t15?,16-/m1/s1. The highest BCUT2D eigenvalue weighted by molar-refractivity contribution is 5.93. The number of carboxylic acid groups (broad SMARTS) is 1. The number of carbonyl (C=O) groups is 2. The molecule has 1 fully saturated rings. The molecule has 2 aromatic rings. The number of nitrogens with one attached hydrogen (secondary N) is 1. The van der Waals surface area contributed by atoms with Crippen molar-refractivity contribution in [2.75, 3.05) is 26.7 Å². The van der Waals surface area contributed by atoms with E-state index < -0.39 is 12.1 Å². The molecule has 0 saturated carbocycles. The number of nitrogens with zero attached hydrogens (tertiary/aromatic N) is 2. The average molecular weight is 343 g/mol. The fourth-order valence-electron chi connectivity index (χ4n) is 3.18. The summed E-state index contributed by atoms with van der Waals surface area (Å²) in [4.78, 5) is 29.7. The number of aromatic nitrogens is 1. The summed E-state index contributed by atoms with van der Waals surface area (Å²) in [6.45, 7) is 0.307. The minimum Gasteiger partial charge on any atom is -0.480 e. The Bertz CT molecular complexity index is 759. The molecule has 0 aliphatic carbocycles. The van der Waals surface area contributed by atoms with Gasteiger partial charge in [-0.15, -0.1) is 0 Å². The predicted octanol–water partition coefficient (Wildman–Crippen LogP) is 0.883. The first-order valence-corrected chi connectivity index (χ1v) is 8.09. The molecule has 25 heavy (non-hydrogen) atoms. The van der Waals surface area contributed by atoms with Crippen molar-refractivity contribution in [3.05, 3.63) is 48.2 Å². The molecular formula is C18H21N3O4. The summed E-state index contributed by atoms with van der Waals surface area (Å²) in [5.74, 6) is -1.16. The number of aliphatic carboxylic acids is 1. The Kier molecular flexibility index (Phi) is 4.87. The molecule has 2 atom stereocenters. The van der Waals surface area contributed by atoms with Crippen LogP contribution in [-0.4, -0.2) is 75.7 Å². The number of likely N-dealkylation sites (N-methyl/N-ethyl adjacent to an activating group) is 1. The van der Waals surface area contributed by atoms with Gasteiger partial charge in [0.1, 0.15) is 5.69 Å². The van der Waals surface area contributed by atoms with Crippen LogP contribution in [0.2, 0.25) is 0 Å². The number of aliphatic hydroxyl groups excluding tert-OH is 1. The number of hydrogen-bond donors (Lipinski definition) is 3. The minimum absolute atomic E-state index is 0.176. The van der Waals surface area contributed by atoms with Crippen LogP contribution in [0.25, 0.3) is 11.3 Å². The zero-order valence-electron chi connectivity index (χ0n) is 13.9. The predicted molar refractivity (Wildman–Crippen MR) is 92.2 cm³/mol. The Morgan fingerprint density at radius 2 is 1.92 bits per heavy atom. The number of aliphatic hydroxyl groups is 1. The van der Waals surface area contributed by atoms with E-state index in [-0.39, 0.29) is 25.0 Å². The smallest absolute Gasteiger partial charge is 0.317 e. The summed E-state index contributed by atoms with van der Waals surface area (Å²) >= 11 is 0. The van der Waals surface area contributed by atoms with Crippen molar-refractivity contribution in [3.63, 3.8) is 0 Å². The molecule has 0 radical (unpaired) electrons. The summed E-state index contributed by atoms with van der Waals surface area (Å²) < 4.78 is 0. The summed E-state index contributed by atoms with van der Waals surface area (Å²) in [6.07, 6.45) is -0.767. The van der Waals surface area contributed by atoms with Crippen LogP contribution in [0.15, 0.2) is 42.5 Å². The van der Waals surface area contributed by atoms with Gasteiger partial charge in [0.05, 0.1) is 18.7 Å². The molecule has 7 nitrogen and oxygen atoms in total. The van der Waals surface area contributed by atoms with Gasteiger partial charge in [-0.1, -0.05) is 30.3 Å². The number of β-amino-alcohol motifs (C(OH)–C–C–N with tert-alkyl or cyclic N) is 1. The number of carbonyl (C=O) groups excluding carboxylic acids is 1. The lowest BCUT2D eigenvalue weighted by molar-refractivity contribution is -0.138. The quantitative estimate of drug-likeness (QED) is 0.749. The van der Waals surface area contributed by atoms with Crippen molar-refractivity contribution in [2.45, 2.75) is 12.1 Å². The van der Waals surface area contributed by atoms with Crippen molar-refractivity contribution in [3.8, 4) is 11.3 Å². The number of H-pyrrole nitrogens is 1. The number of hydrogen-bond acceptors (Lipinski definition) is 4. The lowest BCUT2D eigenvalue weighted by atomic mass is 10.2. The molecule has 1 aliphatic rings. The van der Waals surface area contributed by atoms with Crippen LogP contribution in [0.5, 0.6) is 0 Å². The Labute approximate surface area is 145 Å². The largest absolute Gasteiger partial charge is 0.480 e. The highest BCUT2D eigenvalue weighted by atomic mass is 16.4. The van der Waals surface area contributed by atoms with Gasteiger partial charge in [-0.05, 0) is 24.7 Å². The van der Waals surface area contributed by atoms with Crippen LogP contribution in [0, 0.1) is 0 Å². The number of carboxylic acids is 1. The van der Waals surface area contributed by atoms with Crippen LogP contribution in [0.1, 0.15) is 10.5 Å². The molecular weight excluding hydrogens is 322 g/mol. The fourth-order valence-corrected chi connectivity index (χ4v) is 3.18. The third-order valence-electron chi connectivity index (χ3n) is 4.50. The minimum atomic E-state index is -0.962. The maximum absolute atomic E-state index is 12.7. The van der Waals surface area contributed by atoms with Gasteiger partial charge < -0.3 is 20.1 Å². The van der Waals surface area contributed by atoms with Gasteiger partial charge in [-0.2, -0.15) is 0 Å². The van der Waals surface area contributed by atoms with Gasteiger partial charge >= 0.3 is 5.97 Å². The Balaban J connectivity index is 1.70. The molecule has 1 unspecified atom stereocenters. The summed E-state index contributed by atoms with van der Waals surface area (Å²) in [5.41, 5.74) is 2.29. The van der Waals surface area contributed by atoms with Gasteiger partial charge in [0, 0.05) is 18.8 Å². The normalized spacial score (nSPS) is 20.2. The van der Waals surface area contributed by atoms with Crippen molar-refractivity contribution in [1.82, 2.24) is 14.8 Å². The Morgan fingerprint density at radius 1 is 1.20 bits per heavy atom. The van der Waals surface area contributed by atoms with E-state index in [2.05, 4.69) is 4.98 Å². The molecule has 0 spiro atoms. The second-order valence-electron chi connectivity index (χ2n) is 6.31. The summed E-state index contributed by atoms with van der Waals surface area (Å²) in [7, 11) is 1.64. The lowest BCUT2D eigenvalue weighted by Gasteiger charge is -2.24. The topological polar surface area (TPSA) is 96.9 Å². The maximum Gasteiger partial charge on any atom is 0.317 e. The maximum atomic E-state index is 12.7. The van der Waals surface area contributed by atoms with Crippen LogP contribution >= 0.6 is 0 Å². The van der Waals surface area contributed by atoms with Crippen LogP contribution in [-0.2, 0) is 4.79 Å². The lowest BCUT2D eigenvalue weighted by Crippen LogP contribution is -2.43. The van der Waals surface area contributed by atoms with Crippen LogP contribution < -0.4 is 0 Å². The van der Waals surface area contributed by atoms with Gasteiger partial charge in [0.25, 0.3) is 5.91 Å². The molecule has 1 aromatic carbocycles. The zero-order chi connectivity index (χ0) is 18.0. The number of likely N-dealkylation sites (tertiary alicyclic amines) is 1. The summed E-state index contributed by atoms with van der Waals surface area (Å²) in [6, 6.07) is 12.9. The molecule has 1 aromatic heterocycles. The molecule has 3 rings (SSSR count). The fraction of sp³-hybridized carbons (Fsp3) is 0.333. The van der Waals surface area contributed by atoms with Crippen LogP contribution in [0.3, 0.4) is 0 Å². The van der Waals surface area contributed by atoms with E-state index in [0.29, 0.717) is 12.2 Å². The molecule has 3 N–H and O–H groups in total. The summed E-state index contributed by atoms with van der Waals surface area (Å²) in [5, 5.41) is 19.1. The zero-order valence-corrected chi connectivity index (χ0v) is 13.9. The van der Waals surface area contributed by atoms with Crippen molar-refractivity contribution >= 4 is 11.9 Å². The van der Waals surface area contributed by atoms with E-state index in [1.54, 1.807) is 22.9 Å². The number of benzene rings is 1. The molecule has 1 saturated heterocycles. The van der Waals surface area contributed by atoms with E-state index in [9.17, 15) is 14.7 Å². The number of rotatable bonds is 5. The van der Waals surface area contributed by atoms with E-state index in [1.807, 2.05) is 36.4 Å². The van der Waals surface area contributed by atoms with Crippen molar-refractivity contribution in [2.24, 2.45) is 0 Å². The Hall–Kier alpha value is -2.64. The van der Waals surface area contributed by atoms with Gasteiger partial charge in [-0.3, -0.25) is 14.5 Å². The molecule has 2 heterocycles. The number of aromatic amines is 1. The Morgan fingerprint density at radius 3 is 2.60 bits per heavy atom. The monoisotopic (exact) mass is 343 g/mol. The van der Waals surface area contributed by atoms with Crippen molar-refractivity contribution < 1.29 is 19.8 Å². The first kappa shape index (κ1) is 17.2. The van der Waals surface area contributed by atoms with Crippen LogP contribution in [0.4, 0.5) is 0 Å². The first-order chi connectivity index (χ1) is 12.0. The van der Waals surface area contributed by atoms with Gasteiger partial charge in [0.2, 0.25) is 0 Å².